The zero-order valence-corrected chi connectivity index (χ0v) is 16.3. The van der Waals surface area contributed by atoms with E-state index in [0.717, 1.165) is 39.6 Å². The minimum absolute atomic E-state index is 0.170. The molecular formula is C22H23ClN2O. The van der Waals surface area contributed by atoms with Gasteiger partial charge in [-0.2, -0.15) is 0 Å². The average Bonchev–Trinajstić information content (AvgIpc) is 2.67. The van der Waals surface area contributed by atoms with Crippen molar-refractivity contribution in [2.24, 2.45) is 0 Å². The van der Waals surface area contributed by atoms with Gasteiger partial charge in [-0.15, -0.1) is 0 Å². The van der Waals surface area contributed by atoms with E-state index in [1.807, 2.05) is 37.3 Å². The molecule has 0 fully saturated rings. The molecule has 0 spiro atoms. The maximum atomic E-state index is 12.6. The van der Waals surface area contributed by atoms with Crippen LogP contribution >= 0.6 is 11.6 Å². The highest BCUT2D eigenvalue weighted by atomic mass is 35.5. The Morgan fingerprint density at radius 3 is 2.54 bits per heavy atom. The molecule has 1 aromatic heterocycles. The number of hydrogen-bond acceptors (Lipinski definition) is 2. The van der Waals surface area contributed by atoms with Gasteiger partial charge in [-0.3, -0.25) is 4.79 Å². The summed E-state index contributed by atoms with van der Waals surface area (Å²) in [6.07, 6.45) is 0.931. The number of rotatable bonds is 4. The van der Waals surface area contributed by atoms with Gasteiger partial charge >= 0.3 is 0 Å². The Kier molecular flexibility index (Phi) is 5.28. The predicted molar refractivity (Wildman–Crippen MR) is 109 cm³/mol. The second-order valence-electron chi connectivity index (χ2n) is 6.64. The van der Waals surface area contributed by atoms with Gasteiger partial charge in [-0.05, 0) is 42.3 Å². The number of carbonyl (C=O) groups excluding carboxylic acids is 1. The lowest BCUT2D eigenvalue weighted by Gasteiger charge is -2.19. The van der Waals surface area contributed by atoms with Crippen molar-refractivity contribution in [2.45, 2.75) is 33.1 Å². The summed E-state index contributed by atoms with van der Waals surface area (Å²) in [5.74, 6) is 0.0535. The standard InChI is InChI=1S/C22H23ClN2O/c1-5-14(3)19-15-8-6-7-9-16(15)20(25-21(19)22(26)24-4)17-12-13(2)10-11-18(17)23/h6-12,14H,5H2,1-4H3,(H,24,26)/t14-/m0/s1. The van der Waals surface area contributed by atoms with Gasteiger partial charge in [0, 0.05) is 23.0 Å². The van der Waals surface area contributed by atoms with Crippen LogP contribution in [0.3, 0.4) is 0 Å². The Hall–Kier alpha value is -2.39. The number of aryl methyl sites for hydroxylation is 1. The monoisotopic (exact) mass is 366 g/mol. The largest absolute Gasteiger partial charge is 0.354 e. The molecule has 0 aliphatic carbocycles. The van der Waals surface area contributed by atoms with Crippen molar-refractivity contribution in [3.63, 3.8) is 0 Å². The van der Waals surface area contributed by atoms with E-state index in [2.05, 4.69) is 31.3 Å². The molecule has 4 heteroatoms. The smallest absolute Gasteiger partial charge is 0.269 e. The van der Waals surface area contributed by atoms with E-state index in [1.54, 1.807) is 7.05 Å². The van der Waals surface area contributed by atoms with Crippen LogP contribution in [0, 0.1) is 6.92 Å². The molecule has 3 rings (SSSR count). The first kappa shape index (κ1) is 18.4. The van der Waals surface area contributed by atoms with E-state index >= 15 is 0 Å². The maximum absolute atomic E-state index is 12.6. The lowest BCUT2D eigenvalue weighted by molar-refractivity contribution is 0.0957. The Labute approximate surface area is 159 Å². The minimum atomic E-state index is -0.170. The van der Waals surface area contributed by atoms with Gasteiger partial charge in [0.05, 0.1) is 5.69 Å². The zero-order valence-electron chi connectivity index (χ0n) is 15.6. The maximum Gasteiger partial charge on any atom is 0.269 e. The van der Waals surface area contributed by atoms with Gasteiger partial charge < -0.3 is 5.32 Å². The summed E-state index contributed by atoms with van der Waals surface area (Å²) in [4.78, 5) is 17.4. The number of fused-ring (bicyclic) bond motifs is 1. The van der Waals surface area contributed by atoms with Gasteiger partial charge in [0.1, 0.15) is 5.69 Å². The van der Waals surface area contributed by atoms with Gasteiger partial charge in [0.25, 0.3) is 5.91 Å². The van der Waals surface area contributed by atoms with Crippen molar-refractivity contribution >= 4 is 28.3 Å². The first-order valence-corrected chi connectivity index (χ1v) is 9.27. The van der Waals surface area contributed by atoms with Crippen LogP contribution in [0.4, 0.5) is 0 Å². The van der Waals surface area contributed by atoms with Crippen LogP contribution in [0.5, 0.6) is 0 Å². The number of amides is 1. The van der Waals surface area contributed by atoms with Gasteiger partial charge in [-0.25, -0.2) is 4.98 Å². The second kappa shape index (κ2) is 7.46. The molecule has 0 radical (unpaired) electrons. The third-order valence-corrected chi connectivity index (χ3v) is 5.20. The summed E-state index contributed by atoms with van der Waals surface area (Å²) in [5.41, 5.74) is 4.18. The molecule has 0 unspecified atom stereocenters. The van der Waals surface area contributed by atoms with Crippen LogP contribution < -0.4 is 5.32 Å². The Balaban J connectivity index is 2.45. The Bertz CT molecular complexity index is 981. The fraction of sp³-hybridized carbons (Fsp3) is 0.273. The lowest BCUT2D eigenvalue weighted by atomic mass is 9.89. The molecule has 0 aliphatic rings. The average molecular weight is 367 g/mol. The highest BCUT2D eigenvalue weighted by Gasteiger charge is 2.23. The molecule has 2 aromatic carbocycles. The number of benzene rings is 2. The van der Waals surface area contributed by atoms with Crippen molar-refractivity contribution in [2.75, 3.05) is 7.05 Å². The zero-order chi connectivity index (χ0) is 18.8. The van der Waals surface area contributed by atoms with Crippen molar-refractivity contribution in [3.8, 4) is 11.3 Å². The van der Waals surface area contributed by atoms with Crippen LogP contribution in [0.15, 0.2) is 42.5 Å². The SMILES string of the molecule is CC[C@H](C)c1c(C(=O)NC)nc(-c2cc(C)ccc2Cl)c2ccccc12. The Morgan fingerprint density at radius 1 is 1.19 bits per heavy atom. The molecule has 1 heterocycles. The number of nitrogens with zero attached hydrogens (tertiary/aromatic N) is 1. The molecular weight excluding hydrogens is 344 g/mol. The fourth-order valence-electron chi connectivity index (χ4n) is 3.30. The summed E-state index contributed by atoms with van der Waals surface area (Å²) in [5, 5.41) is 5.44. The molecule has 0 saturated carbocycles. The highest BCUT2D eigenvalue weighted by Crippen LogP contribution is 2.38. The van der Waals surface area contributed by atoms with E-state index in [4.69, 9.17) is 16.6 Å². The minimum Gasteiger partial charge on any atom is -0.354 e. The van der Waals surface area contributed by atoms with Gasteiger partial charge in [-0.1, -0.05) is 61.3 Å². The van der Waals surface area contributed by atoms with Crippen molar-refractivity contribution in [1.82, 2.24) is 10.3 Å². The third-order valence-electron chi connectivity index (χ3n) is 4.88. The normalized spacial score (nSPS) is 12.2. The third kappa shape index (κ3) is 3.19. The summed E-state index contributed by atoms with van der Waals surface area (Å²) in [6.45, 7) is 6.28. The van der Waals surface area contributed by atoms with Crippen molar-refractivity contribution < 1.29 is 4.79 Å². The van der Waals surface area contributed by atoms with E-state index in [9.17, 15) is 4.79 Å². The molecule has 134 valence electrons. The van der Waals surface area contributed by atoms with E-state index in [1.165, 1.54) is 0 Å². The molecule has 3 nitrogen and oxygen atoms in total. The van der Waals surface area contributed by atoms with Gasteiger partial charge in [0.15, 0.2) is 0 Å². The van der Waals surface area contributed by atoms with Gasteiger partial charge in [0.2, 0.25) is 0 Å². The van der Waals surface area contributed by atoms with E-state index in [0.29, 0.717) is 10.7 Å². The summed E-state index contributed by atoms with van der Waals surface area (Å²) in [6, 6.07) is 14.0. The lowest BCUT2D eigenvalue weighted by Crippen LogP contribution is -2.22. The summed E-state index contributed by atoms with van der Waals surface area (Å²) < 4.78 is 0. The van der Waals surface area contributed by atoms with Crippen LogP contribution in [-0.4, -0.2) is 17.9 Å². The first-order chi connectivity index (χ1) is 12.5. The molecule has 3 aromatic rings. The van der Waals surface area contributed by atoms with Crippen LogP contribution in [0.2, 0.25) is 5.02 Å². The number of hydrogen-bond donors (Lipinski definition) is 1. The Morgan fingerprint density at radius 2 is 1.88 bits per heavy atom. The number of carbonyl (C=O) groups is 1. The quantitative estimate of drug-likeness (QED) is 0.640. The molecule has 1 amide bonds. The molecule has 0 aliphatic heterocycles. The second-order valence-corrected chi connectivity index (χ2v) is 7.05. The molecule has 26 heavy (non-hydrogen) atoms. The molecule has 0 saturated heterocycles. The topological polar surface area (TPSA) is 42.0 Å². The van der Waals surface area contributed by atoms with E-state index in [-0.39, 0.29) is 11.8 Å². The molecule has 1 N–H and O–H groups in total. The number of aromatic nitrogens is 1. The van der Waals surface area contributed by atoms with Crippen LogP contribution in [0.25, 0.3) is 22.0 Å². The van der Waals surface area contributed by atoms with Crippen molar-refractivity contribution in [1.29, 1.82) is 0 Å². The number of halogens is 1. The van der Waals surface area contributed by atoms with Crippen molar-refractivity contribution in [3.05, 3.63) is 64.3 Å². The summed E-state index contributed by atoms with van der Waals surface area (Å²) in [7, 11) is 1.64. The fourth-order valence-corrected chi connectivity index (χ4v) is 3.51. The predicted octanol–water partition coefficient (Wildman–Crippen LogP) is 5.74. The first-order valence-electron chi connectivity index (χ1n) is 8.89. The van der Waals surface area contributed by atoms with Crippen LogP contribution in [0.1, 0.15) is 47.8 Å². The molecule has 0 bridgehead atoms. The highest BCUT2D eigenvalue weighted by molar-refractivity contribution is 6.33. The molecule has 1 atom stereocenters. The number of nitrogens with one attached hydrogen (secondary N) is 1. The van der Waals surface area contributed by atoms with Crippen LogP contribution in [-0.2, 0) is 0 Å². The summed E-state index contributed by atoms with van der Waals surface area (Å²) >= 11 is 6.49. The van der Waals surface area contributed by atoms with E-state index < -0.39 is 0 Å². The number of pyridine rings is 1.